The molecule has 1 saturated heterocycles. The van der Waals surface area contributed by atoms with Gasteiger partial charge in [0.25, 0.3) is 5.91 Å². The van der Waals surface area contributed by atoms with Crippen LogP contribution in [0.15, 0.2) is 0 Å². The van der Waals surface area contributed by atoms with Gasteiger partial charge in [-0.05, 0) is 37.8 Å². The normalized spacial score (nSPS) is 23.3. The van der Waals surface area contributed by atoms with E-state index in [0.29, 0.717) is 23.5 Å². The summed E-state index contributed by atoms with van der Waals surface area (Å²) in [6.07, 6.45) is 3.25. The first-order valence-electron chi connectivity index (χ1n) is 7.61. The molecule has 2 fully saturated rings. The summed E-state index contributed by atoms with van der Waals surface area (Å²) in [6, 6.07) is 0.849. The van der Waals surface area contributed by atoms with Gasteiger partial charge >= 0.3 is 0 Å². The van der Waals surface area contributed by atoms with Crippen molar-refractivity contribution in [1.82, 2.24) is 14.6 Å². The molecule has 0 radical (unpaired) electrons. The Kier molecular flexibility index (Phi) is 4.03. The van der Waals surface area contributed by atoms with Gasteiger partial charge in [-0.15, -0.1) is 0 Å². The van der Waals surface area contributed by atoms with E-state index in [1.165, 1.54) is 11.5 Å². The molecule has 0 bridgehead atoms. The van der Waals surface area contributed by atoms with E-state index in [9.17, 15) is 4.79 Å². The third kappa shape index (κ3) is 2.98. The third-order valence-corrected chi connectivity index (χ3v) is 5.30. The Morgan fingerprint density at radius 1 is 1.48 bits per heavy atom. The Balaban J connectivity index is 1.80. The van der Waals surface area contributed by atoms with E-state index in [4.69, 9.17) is 5.73 Å². The fourth-order valence-electron chi connectivity index (χ4n) is 2.78. The van der Waals surface area contributed by atoms with Crippen molar-refractivity contribution in [2.75, 3.05) is 37.3 Å². The molecule has 1 aromatic rings. The Hall–Kier alpha value is -1.34. The minimum atomic E-state index is -0.0641. The van der Waals surface area contributed by atoms with Gasteiger partial charge in [-0.3, -0.25) is 9.69 Å². The molecule has 0 aromatic carbocycles. The molecule has 21 heavy (non-hydrogen) atoms. The lowest BCUT2D eigenvalue weighted by Crippen LogP contribution is -2.51. The number of carbonyl (C=O) groups excluding carboxylic acids is 1. The molecule has 1 atom stereocenters. The lowest BCUT2D eigenvalue weighted by Gasteiger charge is -2.39. The van der Waals surface area contributed by atoms with Gasteiger partial charge in [-0.25, -0.2) is 0 Å². The molecule has 3 rings (SSSR count). The molecule has 6 nitrogen and oxygen atoms in total. The molecular weight excluding hydrogens is 286 g/mol. The quantitative estimate of drug-likeness (QED) is 0.873. The molecule has 1 aliphatic heterocycles. The summed E-state index contributed by atoms with van der Waals surface area (Å²) >= 11 is 1.34. The van der Waals surface area contributed by atoms with Crippen molar-refractivity contribution in [3.63, 3.8) is 0 Å². The molecule has 116 valence electrons. The molecule has 1 saturated carbocycles. The monoisotopic (exact) mass is 309 g/mol. The first-order chi connectivity index (χ1) is 10.1. The summed E-state index contributed by atoms with van der Waals surface area (Å²) in [5.41, 5.74) is 6.52. The van der Waals surface area contributed by atoms with E-state index >= 15 is 0 Å². The number of hydrogen-bond acceptors (Lipinski definition) is 6. The van der Waals surface area contributed by atoms with Crippen LogP contribution in [0.5, 0.6) is 0 Å². The molecule has 1 unspecified atom stereocenters. The lowest BCUT2D eigenvalue weighted by atomic mass is 10.1. The maximum atomic E-state index is 12.4. The van der Waals surface area contributed by atoms with E-state index in [-0.39, 0.29) is 5.91 Å². The highest BCUT2D eigenvalue weighted by Gasteiger charge is 2.31. The van der Waals surface area contributed by atoms with Crippen molar-refractivity contribution >= 4 is 28.3 Å². The highest BCUT2D eigenvalue weighted by atomic mass is 32.1. The second-order valence-electron chi connectivity index (χ2n) is 5.98. The molecule has 3 N–H and O–H groups in total. The van der Waals surface area contributed by atoms with E-state index < -0.39 is 0 Å². The van der Waals surface area contributed by atoms with Crippen LogP contribution in [-0.2, 0) is 0 Å². The van der Waals surface area contributed by atoms with Crippen LogP contribution in [-0.4, -0.2) is 53.9 Å². The maximum absolute atomic E-state index is 12.4. The molecular formula is C14H23N5OS. The summed E-state index contributed by atoms with van der Waals surface area (Å²) < 4.78 is 4.21. The first kappa shape index (κ1) is 14.6. The van der Waals surface area contributed by atoms with Crippen molar-refractivity contribution in [2.24, 2.45) is 0 Å². The molecule has 2 heterocycles. The zero-order chi connectivity index (χ0) is 15.0. The zero-order valence-corrected chi connectivity index (χ0v) is 13.4. The number of nitrogen functional groups attached to an aromatic ring is 1. The van der Waals surface area contributed by atoms with Crippen molar-refractivity contribution < 1.29 is 4.79 Å². The van der Waals surface area contributed by atoms with E-state index in [0.717, 1.165) is 43.9 Å². The minimum absolute atomic E-state index is 0.0641. The molecule has 1 amide bonds. The van der Waals surface area contributed by atoms with E-state index in [1.807, 2.05) is 0 Å². The zero-order valence-electron chi connectivity index (χ0n) is 12.6. The van der Waals surface area contributed by atoms with Gasteiger partial charge in [0.05, 0.1) is 0 Å². The Labute approximate surface area is 129 Å². The van der Waals surface area contributed by atoms with Crippen molar-refractivity contribution in [2.45, 2.75) is 38.3 Å². The summed E-state index contributed by atoms with van der Waals surface area (Å²) in [5.74, 6) is 0.297. The predicted octanol–water partition coefficient (Wildman–Crippen LogP) is 1.15. The van der Waals surface area contributed by atoms with Gasteiger partial charge in [0.15, 0.2) is 5.82 Å². The van der Waals surface area contributed by atoms with Gasteiger partial charge in [0.2, 0.25) is 0 Å². The number of nitrogens with zero attached hydrogens (tertiary/aromatic N) is 3. The minimum Gasteiger partial charge on any atom is -0.382 e. The Morgan fingerprint density at radius 2 is 2.24 bits per heavy atom. The summed E-state index contributed by atoms with van der Waals surface area (Å²) in [4.78, 5) is 17.0. The van der Waals surface area contributed by atoms with Crippen LogP contribution in [0.3, 0.4) is 0 Å². The van der Waals surface area contributed by atoms with Crippen molar-refractivity contribution in [3.05, 3.63) is 5.56 Å². The number of carbonyl (C=O) groups is 1. The van der Waals surface area contributed by atoms with Crippen LogP contribution in [0.25, 0.3) is 0 Å². The molecule has 1 aromatic heterocycles. The van der Waals surface area contributed by atoms with Gasteiger partial charge < -0.3 is 16.0 Å². The average molecular weight is 309 g/mol. The predicted molar refractivity (Wildman–Crippen MR) is 85.9 cm³/mol. The standard InChI is InChI=1S/C14H23N5OS/c1-3-10-8-19(7-6-18(10)2)14-11(12(15)17-21-14)13(20)16-9-4-5-9/h9-10H,3-8H2,1-2H3,(H2,15,17)(H,16,20). The largest absolute Gasteiger partial charge is 0.382 e. The van der Waals surface area contributed by atoms with Gasteiger partial charge in [-0.1, -0.05) is 6.92 Å². The van der Waals surface area contributed by atoms with Crippen LogP contribution in [0.2, 0.25) is 0 Å². The SMILES string of the molecule is CCC1CN(c2snc(N)c2C(=O)NC2CC2)CCN1C. The van der Waals surface area contributed by atoms with Crippen LogP contribution < -0.4 is 16.0 Å². The fraction of sp³-hybridized carbons (Fsp3) is 0.714. The molecule has 2 aliphatic rings. The highest BCUT2D eigenvalue weighted by molar-refractivity contribution is 7.11. The van der Waals surface area contributed by atoms with Crippen LogP contribution in [0, 0.1) is 0 Å². The number of aromatic nitrogens is 1. The number of nitrogens with two attached hydrogens (primary N) is 1. The Morgan fingerprint density at radius 3 is 2.90 bits per heavy atom. The van der Waals surface area contributed by atoms with Crippen LogP contribution in [0.1, 0.15) is 36.5 Å². The molecule has 0 spiro atoms. The Bertz CT molecular complexity index is 527. The number of piperazine rings is 1. The van der Waals surface area contributed by atoms with Crippen molar-refractivity contribution in [3.8, 4) is 0 Å². The number of likely N-dealkylation sites (N-methyl/N-ethyl adjacent to an activating group) is 1. The van der Waals surface area contributed by atoms with Gasteiger partial charge in [0.1, 0.15) is 10.6 Å². The number of anilines is 2. The first-order valence-corrected chi connectivity index (χ1v) is 8.38. The maximum Gasteiger partial charge on any atom is 0.258 e. The highest BCUT2D eigenvalue weighted by Crippen LogP contribution is 2.33. The lowest BCUT2D eigenvalue weighted by molar-refractivity contribution is 0.0952. The van der Waals surface area contributed by atoms with E-state index in [2.05, 4.69) is 33.5 Å². The second kappa shape index (κ2) is 5.81. The number of hydrogen-bond donors (Lipinski definition) is 2. The van der Waals surface area contributed by atoms with E-state index in [1.54, 1.807) is 0 Å². The second-order valence-corrected chi connectivity index (χ2v) is 6.74. The summed E-state index contributed by atoms with van der Waals surface area (Å²) in [7, 11) is 2.16. The molecule has 1 aliphatic carbocycles. The third-order valence-electron chi connectivity index (χ3n) is 4.38. The average Bonchev–Trinajstić information content (AvgIpc) is 3.19. The summed E-state index contributed by atoms with van der Waals surface area (Å²) in [5, 5.41) is 3.95. The summed E-state index contributed by atoms with van der Waals surface area (Å²) in [6.45, 7) is 5.04. The van der Waals surface area contributed by atoms with Crippen LogP contribution in [0.4, 0.5) is 10.8 Å². The topological polar surface area (TPSA) is 74.5 Å². The van der Waals surface area contributed by atoms with Crippen LogP contribution >= 0.6 is 11.5 Å². The number of nitrogens with one attached hydrogen (secondary N) is 1. The van der Waals surface area contributed by atoms with Crippen molar-refractivity contribution in [1.29, 1.82) is 0 Å². The number of rotatable bonds is 4. The smallest absolute Gasteiger partial charge is 0.258 e. The number of amides is 1. The van der Waals surface area contributed by atoms with Gasteiger partial charge in [0, 0.05) is 31.7 Å². The fourth-order valence-corrected chi connectivity index (χ4v) is 3.63. The van der Waals surface area contributed by atoms with Gasteiger partial charge in [-0.2, -0.15) is 4.37 Å². The molecule has 7 heteroatoms.